The molecule has 1 aliphatic heterocycles. The summed E-state index contributed by atoms with van der Waals surface area (Å²) in [5, 5.41) is 10.9. The lowest BCUT2D eigenvalue weighted by molar-refractivity contribution is -0.186. The molecule has 1 aromatic heterocycles. The molecule has 114 valence electrons. The zero-order chi connectivity index (χ0) is 14.6. The normalized spacial score (nSPS) is 21.3. The van der Waals surface area contributed by atoms with Crippen molar-refractivity contribution < 1.29 is 13.2 Å². The van der Waals surface area contributed by atoms with Crippen molar-refractivity contribution in [2.24, 2.45) is 5.92 Å². The lowest BCUT2D eigenvalue weighted by Crippen LogP contribution is -2.42. The Morgan fingerprint density at radius 1 is 1.40 bits per heavy atom. The van der Waals surface area contributed by atoms with Gasteiger partial charge in [0.15, 0.2) is 0 Å². The number of likely N-dealkylation sites (tertiary alicyclic amines) is 1. The second kappa shape index (κ2) is 6.53. The van der Waals surface area contributed by atoms with Crippen LogP contribution in [0.1, 0.15) is 18.5 Å². The molecule has 1 atom stereocenters. The van der Waals surface area contributed by atoms with Crippen LogP contribution < -0.4 is 5.32 Å². The van der Waals surface area contributed by atoms with E-state index in [0.717, 1.165) is 12.2 Å². The van der Waals surface area contributed by atoms with E-state index in [9.17, 15) is 13.2 Å². The quantitative estimate of drug-likeness (QED) is 0.887. The highest BCUT2D eigenvalue weighted by Gasteiger charge is 2.41. The van der Waals surface area contributed by atoms with Gasteiger partial charge in [-0.3, -0.25) is 4.68 Å². The van der Waals surface area contributed by atoms with Gasteiger partial charge in [-0.2, -0.15) is 13.2 Å². The summed E-state index contributed by atoms with van der Waals surface area (Å²) in [6.45, 7) is 2.61. The van der Waals surface area contributed by atoms with Crippen molar-refractivity contribution in [2.45, 2.75) is 32.1 Å². The molecule has 8 heteroatoms. The molecule has 2 rings (SSSR count). The lowest BCUT2D eigenvalue weighted by atomic mass is 9.97. The van der Waals surface area contributed by atoms with Gasteiger partial charge in [0, 0.05) is 25.8 Å². The van der Waals surface area contributed by atoms with Crippen LogP contribution in [0, 0.1) is 5.92 Å². The van der Waals surface area contributed by atoms with Crippen molar-refractivity contribution in [3.8, 4) is 0 Å². The maximum absolute atomic E-state index is 12.7. The van der Waals surface area contributed by atoms with Gasteiger partial charge in [-0.15, -0.1) is 5.10 Å². The van der Waals surface area contributed by atoms with E-state index in [-0.39, 0.29) is 13.0 Å². The highest BCUT2D eigenvalue weighted by Crippen LogP contribution is 2.32. The Kier molecular flexibility index (Phi) is 4.98. The zero-order valence-corrected chi connectivity index (χ0v) is 11.5. The summed E-state index contributed by atoms with van der Waals surface area (Å²) in [4.78, 5) is 1.86. The van der Waals surface area contributed by atoms with Gasteiger partial charge in [-0.1, -0.05) is 5.21 Å². The molecule has 2 heterocycles. The van der Waals surface area contributed by atoms with E-state index in [1.807, 2.05) is 18.1 Å². The van der Waals surface area contributed by atoms with Crippen molar-refractivity contribution in [3.63, 3.8) is 0 Å². The molecule has 0 amide bonds. The summed E-state index contributed by atoms with van der Waals surface area (Å²) in [6.07, 6.45) is -1.41. The van der Waals surface area contributed by atoms with Crippen molar-refractivity contribution >= 4 is 0 Å². The largest absolute Gasteiger partial charge is 0.393 e. The van der Waals surface area contributed by atoms with Gasteiger partial charge in [-0.25, -0.2) is 0 Å². The molecule has 0 spiro atoms. The second-order valence-electron chi connectivity index (χ2n) is 5.18. The van der Waals surface area contributed by atoms with Crippen LogP contribution in [0.25, 0.3) is 0 Å². The van der Waals surface area contributed by atoms with Crippen LogP contribution in [0.3, 0.4) is 0 Å². The van der Waals surface area contributed by atoms with E-state index < -0.39 is 12.1 Å². The minimum Gasteiger partial charge on any atom is -0.314 e. The van der Waals surface area contributed by atoms with Crippen LogP contribution in [0.15, 0.2) is 6.20 Å². The van der Waals surface area contributed by atoms with Crippen molar-refractivity contribution in [1.29, 1.82) is 0 Å². The first kappa shape index (κ1) is 15.2. The van der Waals surface area contributed by atoms with E-state index in [0.29, 0.717) is 26.1 Å². The standard InChI is InChI=1S/C12H20F3N5/c1-16-7-11-9-20(18-17-11)6-5-19-4-2-3-10(8-19)12(13,14)15/h9-10,16H,2-8H2,1H3. The summed E-state index contributed by atoms with van der Waals surface area (Å²) in [6, 6.07) is 0. The Balaban J connectivity index is 1.81. The van der Waals surface area contributed by atoms with Gasteiger partial charge in [-0.05, 0) is 26.4 Å². The van der Waals surface area contributed by atoms with Crippen molar-refractivity contribution in [1.82, 2.24) is 25.2 Å². The Morgan fingerprint density at radius 2 is 2.20 bits per heavy atom. The molecule has 1 unspecified atom stereocenters. The van der Waals surface area contributed by atoms with E-state index in [4.69, 9.17) is 0 Å². The molecule has 0 aliphatic carbocycles. The van der Waals surface area contributed by atoms with Crippen LogP contribution in [0.4, 0.5) is 13.2 Å². The molecule has 5 nitrogen and oxygen atoms in total. The van der Waals surface area contributed by atoms with Crippen LogP contribution in [0.5, 0.6) is 0 Å². The van der Waals surface area contributed by atoms with Gasteiger partial charge in [0.25, 0.3) is 0 Å². The number of hydrogen-bond acceptors (Lipinski definition) is 4. The third kappa shape index (κ3) is 4.17. The molecule has 1 N–H and O–H groups in total. The maximum atomic E-state index is 12.7. The summed E-state index contributed by atoms with van der Waals surface area (Å²) < 4.78 is 39.8. The van der Waals surface area contributed by atoms with Gasteiger partial charge in [0.2, 0.25) is 0 Å². The Bertz CT molecular complexity index is 417. The zero-order valence-electron chi connectivity index (χ0n) is 11.5. The predicted octanol–water partition coefficient (Wildman–Crippen LogP) is 1.27. The second-order valence-corrected chi connectivity index (χ2v) is 5.18. The highest BCUT2D eigenvalue weighted by atomic mass is 19.4. The molecule has 0 aromatic carbocycles. The molecular formula is C12H20F3N5. The summed E-state index contributed by atoms with van der Waals surface area (Å²) in [7, 11) is 1.82. The van der Waals surface area contributed by atoms with Gasteiger partial charge in [0.05, 0.1) is 18.2 Å². The van der Waals surface area contributed by atoms with Crippen molar-refractivity contribution in [3.05, 3.63) is 11.9 Å². The van der Waals surface area contributed by atoms with Gasteiger partial charge >= 0.3 is 6.18 Å². The molecule has 1 aromatic rings. The van der Waals surface area contributed by atoms with Crippen LogP contribution >= 0.6 is 0 Å². The molecule has 1 saturated heterocycles. The van der Waals surface area contributed by atoms with E-state index >= 15 is 0 Å². The molecule has 1 fully saturated rings. The smallest absolute Gasteiger partial charge is 0.314 e. The molecule has 0 radical (unpaired) electrons. The molecular weight excluding hydrogens is 271 g/mol. The van der Waals surface area contributed by atoms with E-state index in [1.165, 1.54) is 0 Å². The fraction of sp³-hybridized carbons (Fsp3) is 0.833. The summed E-state index contributed by atoms with van der Waals surface area (Å²) >= 11 is 0. The Labute approximate surface area is 116 Å². The maximum Gasteiger partial charge on any atom is 0.393 e. The topological polar surface area (TPSA) is 46.0 Å². The minimum absolute atomic E-state index is 0.0988. The highest BCUT2D eigenvalue weighted by molar-refractivity contribution is 4.91. The number of alkyl halides is 3. The number of halogens is 3. The Hall–Kier alpha value is -1.15. The Morgan fingerprint density at radius 3 is 2.90 bits per heavy atom. The van der Waals surface area contributed by atoms with Crippen LogP contribution in [-0.4, -0.2) is 52.8 Å². The van der Waals surface area contributed by atoms with Gasteiger partial charge in [0.1, 0.15) is 0 Å². The summed E-state index contributed by atoms with van der Waals surface area (Å²) in [5.41, 5.74) is 0.833. The molecule has 20 heavy (non-hydrogen) atoms. The minimum atomic E-state index is -4.08. The van der Waals surface area contributed by atoms with E-state index in [2.05, 4.69) is 15.6 Å². The molecule has 0 bridgehead atoms. The third-order valence-electron chi connectivity index (χ3n) is 3.56. The number of nitrogens with one attached hydrogen (secondary N) is 1. The average molecular weight is 291 g/mol. The number of rotatable bonds is 5. The monoisotopic (exact) mass is 291 g/mol. The van der Waals surface area contributed by atoms with Crippen molar-refractivity contribution in [2.75, 3.05) is 26.7 Å². The first-order valence-corrected chi connectivity index (χ1v) is 6.81. The fourth-order valence-corrected chi connectivity index (χ4v) is 2.48. The fourth-order valence-electron chi connectivity index (χ4n) is 2.48. The summed E-state index contributed by atoms with van der Waals surface area (Å²) in [5.74, 6) is -1.19. The third-order valence-corrected chi connectivity index (χ3v) is 3.56. The van der Waals surface area contributed by atoms with Crippen LogP contribution in [-0.2, 0) is 13.1 Å². The first-order valence-electron chi connectivity index (χ1n) is 6.81. The lowest BCUT2D eigenvalue weighted by Gasteiger charge is -2.33. The molecule has 1 aliphatic rings. The number of piperidine rings is 1. The molecule has 0 saturated carbocycles. The number of nitrogens with zero attached hydrogens (tertiary/aromatic N) is 4. The van der Waals surface area contributed by atoms with E-state index in [1.54, 1.807) is 4.68 Å². The van der Waals surface area contributed by atoms with Crippen LogP contribution in [0.2, 0.25) is 0 Å². The number of aromatic nitrogens is 3. The first-order chi connectivity index (χ1) is 9.49. The van der Waals surface area contributed by atoms with Gasteiger partial charge < -0.3 is 10.2 Å². The number of hydrogen-bond donors (Lipinski definition) is 1. The SMILES string of the molecule is CNCc1cn(CCN2CCCC(C(F)(F)F)C2)nn1. The average Bonchev–Trinajstić information content (AvgIpc) is 2.84. The predicted molar refractivity (Wildman–Crippen MR) is 68.0 cm³/mol.